The van der Waals surface area contributed by atoms with Gasteiger partial charge in [-0.05, 0) is 107 Å². The normalized spacial score (nSPS) is 10.8. The van der Waals surface area contributed by atoms with Gasteiger partial charge >= 0.3 is 0 Å². The lowest BCUT2D eigenvalue weighted by molar-refractivity contribution is -0.115. The van der Waals surface area contributed by atoms with Crippen molar-refractivity contribution in [2.45, 2.75) is 0 Å². The molecule has 0 aliphatic rings. The largest absolute Gasteiger partial charge is 0.332 e. The highest BCUT2D eigenvalue weighted by Crippen LogP contribution is 2.23. The van der Waals surface area contributed by atoms with Crippen molar-refractivity contribution in [2.24, 2.45) is 0 Å². The number of amides is 2. The van der Waals surface area contributed by atoms with Crippen molar-refractivity contribution in [3.8, 4) is 11.1 Å². The van der Waals surface area contributed by atoms with Crippen LogP contribution in [0.15, 0.2) is 109 Å². The minimum Gasteiger partial charge on any atom is -0.332 e. The maximum atomic E-state index is 13.0. The monoisotopic (exact) mass is 598 g/mol. The summed E-state index contributed by atoms with van der Waals surface area (Å²) in [7, 11) is 0. The first-order valence-electron chi connectivity index (χ1n) is 12.6. The van der Waals surface area contributed by atoms with Gasteiger partial charge in [-0.15, -0.1) is 0 Å². The van der Waals surface area contributed by atoms with E-state index in [1.54, 1.807) is 36.4 Å². The molecule has 0 unspecified atom stereocenters. The summed E-state index contributed by atoms with van der Waals surface area (Å²) in [6.07, 6.45) is 5.76. The van der Waals surface area contributed by atoms with Crippen LogP contribution in [0.2, 0.25) is 0 Å². The van der Waals surface area contributed by atoms with Crippen LogP contribution in [0.3, 0.4) is 0 Å². The minimum absolute atomic E-state index is 0.140. The average molecular weight is 599 g/mol. The van der Waals surface area contributed by atoms with Crippen molar-refractivity contribution < 1.29 is 18.4 Å². The fourth-order valence-electron chi connectivity index (χ4n) is 3.62. The first-order valence-corrected chi connectivity index (χ1v) is 13.4. The number of anilines is 2. The van der Waals surface area contributed by atoms with E-state index < -0.39 is 11.8 Å². The highest BCUT2D eigenvalue weighted by atomic mass is 32.1. The van der Waals surface area contributed by atoms with E-state index in [2.05, 4.69) is 21.3 Å². The van der Waals surface area contributed by atoms with Gasteiger partial charge in [-0.25, -0.2) is 8.78 Å². The Bertz CT molecular complexity index is 1510. The van der Waals surface area contributed by atoms with Gasteiger partial charge in [0.2, 0.25) is 11.8 Å². The van der Waals surface area contributed by atoms with Crippen LogP contribution in [0, 0.1) is 11.6 Å². The number of rotatable bonds is 7. The molecule has 0 spiro atoms. The summed E-state index contributed by atoms with van der Waals surface area (Å²) in [5.41, 5.74) is 4.66. The van der Waals surface area contributed by atoms with Gasteiger partial charge in [-0.1, -0.05) is 48.5 Å². The first kappa shape index (κ1) is 29.9. The number of hydrogen-bond donors (Lipinski definition) is 4. The van der Waals surface area contributed by atoms with Crippen LogP contribution in [0.5, 0.6) is 0 Å². The van der Waals surface area contributed by atoms with Crippen molar-refractivity contribution in [2.75, 3.05) is 10.6 Å². The van der Waals surface area contributed by atoms with Crippen LogP contribution in [0.25, 0.3) is 23.3 Å². The number of carbonyl (C=O) groups excluding carboxylic acids is 2. The summed E-state index contributed by atoms with van der Waals surface area (Å²) in [4.78, 5) is 24.2. The van der Waals surface area contributed by atoms with Crippen molar-refractivity contribution in [3.63, 3.8) is 0 Å². The highest BCUT2D eigenvalue weighted by Gasteiger charge is 2.05. The Balaban J connectivity index is 1.24. The van der Waals surface area contributed by atoms with Crippen molar-refractivity contribution in [3.05, 3.63) is 132 Å². The third kappa shape index (κ3) is 9.54. The fraction of sp³-hybridized carbons (Fsp3) is 0. The molecule has 2 amide bonds. The number of carbonyl (C=O) groups is 2. The zero-order chi connectivity index (χ0) is 29.9. The Morgan fingerprint density at radius 2 is 0.857 bits per heavy atom. The predicted octanol–water partition coefficient (Wildman–Crippen LogP) is 6.68. The summed E-state index contributed by atoms with van der Waals surface area (Å²) < 4.78 is 26.0. The van der Waals surface area contributed by atoms with Gasteiger partial charge in [0.05, 0.1) is 0 Å². The van der Waals surface area contributed by atoms with Gasteiger partial charge in [0.1, 0.15) is 11.6 Å². The lowest BCUT2D eigenvalue weighted by Gasteiger charge is -2.11. The van der Waals surface area contributed by atoms with Crippen molar-refractivity contribution in [1.29, 1.82) is 0 Å². The van der Waals surface area contributed by atoms with E-state index in [9.17, 15) is 18.4 Å². The third-order valence-corrected chi connectivity index (χ3v) is 6.09. The predicted molar refractivity (Wildman–Crippen MR) is 171 cm³/mol. The van der Waals surface area contributed by atoms with E-state index in [1.165, 1.54) is 36.4 Å². The van der Waals surface area contributed by atoms with Crippen molar-refractivity contribution >= 4 is 70.0 Å². The average Bonchev–Trinajstić information content (AvgIpc) is 2.97. The molecule has 0 aliphatic heterocycles. The molecular formula is C32H24F2N4O2S2. The molecule has 6 nitrogen and oxygen atoms in total. The molecule has 210 valence electrons. The Morgan fingerprint density at radius 1 is 0.524 bits per heavy atom. The standard InChI is InChI=1S/C32H24F2N4O2S2/c33-25-11-1-21(2-12-25)5-19-29(39)37-31(41)35-27-15-7-23(8-16-27)24-9-17-28(18-10-24)36-32(42)38-30(40)20-6-22-3-13-26(34)14-4-22/h1-20H,(H2,35,37,39,41)(H2,36,38,40,42)/b19-5-,20-6-. The third-order valence-electron chi connectivity index (χ3n) is 5.69. The van der Waals surface area contributed by atoms with Crippen LogP contribution in [-0.4, -0.2) is 22.0 Å². The maximum Gasteiger partial charge on any atom is 0.250 e. The molecule has 4 rings (SSSR count). The van der Waals surface area contributed by atoms with Gasteiger partial charge in [0.25, 0.3) is 0 Å². The molecular weight excluding hydrogens is 575 g/mol. The second-order valence-electron chi connectivity index (χ2n) is 8.81. The van der Waals surface area contributed by atoms with Crippen LogP contribution in [-0.2, 0) is 9.59 Å². The van der Waals surface area contributed by atoms with Crippen LogP contribution >= 0.6 is 24.4 Å². The molecule has 4 aromatic carbocycles. The van der Waals surface area contributed by atoms with Gasteiger partial charge < -0.3 is 10.6 Å². The Labute approximate surface area is 252 Å². The SMILES string of the molecule is O=C(/C=C\c1ccc(F)cc1)NC(=S)Nc1ccc(-c2ccc(NC(=S)NC(=O)/C=C\c3ccc(F)cc3)cc2)cc1. The highest BCUT2D eigenvalue weighted by molar-refractivity contribution is 7.80. The Morgan fingerprint density at radius 3 is 1.19 bits per heavy atom. The van der Waals surface area contributed by atoms with E-state index in [0.717, 1.165) is 11.1 Å². The topological polar surface area (TPSA) is 82.3 Å². The number of benzene rings is 4. The van der Waals surface area contributed by atoms with E-state index in [4.69, 9.17) is 24.4 Å². The summed E-state index contributed by atoms with van der Waals surface area (Å²) in [6.45, 7) is 0. The summed E-state index contributed by atoms with van der Waals surface area (Å²) in [5, 5.41) is 11.3. The zero-order valence-electron chi connectivity index (χ0n) is 21.9. The molecule has 0 atom stereocenters. The molecule has 0 bridgehead atoms. The number of halogens is 2. The molecule has 4 aromatic rings. The quantitative estimate of drug-likeness (QED) is 0.140. The first-order chi connectivity index (χ1) is 20.2. The lowest BCUT2D eigenvalue weighted by Crippen LogP contribution is -2.32. The Hall–Kier alpha value is -5.06. The molecule has 0 heterocycles. The number of thiocarbonyl (C=S) groups is 2. The van der Waals surface area contributed by atoms with Gasteiger partial charge in [0.15, 0.2) is 10.2 Å². The van der Waals surface area contributed by atoms with Crippen LogP contribution in [0.1, 0.15) is 11.1 Å². The van der Waals surface area contributed by atoms with Gasteiger partial charge in [-0.3, -0.25) is 20.2 Å². The molecule has 0 saturated heterocycles. The number of nitrogens with one attached hydrogen (secondary N) is 4. The molecule has 0 radical (unpaired) electrons. The smallest absolute Gasteiger partial charge is 0.250 e. The Kier molecular flexibility index (Phi) is 10.4. The second kappa shape index (κ2) is 14.5. The van der Waals surface area contributed by atoms with E-state index in [1.807, 2.05) is 48.5 Å². The van der Waals surface area contributed by atoms with Crippen LogP contribution in [0.4, 0.5) is 20.2 Å². The second-order valence-corrected chi connectivity index (χ2v) is 9.63. The molecule has 0 fully saturated rings. The van der Waals surface area contributed by atoms with Crippen LogP contribution < -0.4 is 21.3 Å². The maximum absolute atomic E-state index is 13.0. The lowest BCUT2D eigenvalue weighted by atomic mass is 10.1. The molecule has 0 aromatic heterocycles. The summed E-state index contributed by atoms with van der Waals surface area (Å²) in [6, 6.07) is 26.5. The van der Waals surface area contributed by atoms with Gasteiger partial charge in [-0.2, -0.15) is 0 Å². The molecule has 0 aliphatic carbocycles. The molecule has 0 saturated carbocycles. The summed E-state index contributed by atoms with van der Waals surface area (Å²) >= 11 is 10.4. The minimum atomic E-state index is -0.414. The fourth-order valence-corrected chi connectivity index (χ4v) is 4.05. The summed E-state index contributed by atoms with van der Waals surface area (Å²) in [5.74, 6) is -1.52. The van der Waals surface area contributed by atoms with Crippen molar-refractivity contribution in [1.82, 2.24) is 10.6 Å². The van der Waals surface area contributed by atoms with E-state index >= 15 is 0 Å². The number of hydrogen-bond acceptors (Lipinski definition) is 4. The molecule has 4 N–H and O–H groups in total. The zero-order valence-corrected chi connectivity index (χ0v) is 23.6. The molecule has 42 heavy (non-hydrogen) atoms. The van der Waals surface area contributed by atoms with E-state index in [-0.39, 0.29) is 21.9 Å². The molecule has 10 heteroatoms. The van der Waals surface area contributed by atoms with Gasteiger partial charge in [0, 0.05) is 23.5 Å². The van der Waals surface area contributed by atoms with E-state index in [0.29, 0.717) is 22.5 Å².